The number of hydrogen-bond acceptors (Lipinski definition) is 4. The molecule has 3 aliphatic rings. The first-order chi connectivity index (χ1) is 8.17. The number of fused-ring (bicyclic) bond motifs is 1. The van der Waals surface area contributed by atoms with Gasteiger partial charge in [0, 0.05) is 11.6 Å². The van der Waals surface area contributed by atoms with Crippen molar-refractivity contribution in [3.8, 4) is 0 Å². The van der Waals surface area contributed by atoms with Gasteiger partial charge in [-0.3, -0.25) is 9.78 Å². The zero-order chi connectivity index (χ0) is 12.0. The summed E-state index contributed by atoms with van der Waals surface area (Å²) < 4.78 is 23.5. The van der Waals surface area contributed by atoms with Crippen LogP contribution in [0.5, 0.6) is 0 Å². The predicted molar refractivity (Wildman–Crippen MR) is 55.7 cm³/mol. The number of nitrogens with zero attached hydrogens (tertiary/aromatic N) is 1. The van der Waals surface area contributed by atoms with Gasteiger partial charge in [-0.1, -0.05) is 0 Å². The molecular formula is C12H12FNO3. The van der Waals surface area contributed by atoms with Gasteiger partial charge in [-0.2, -0.15) is 0 Å². The third kappa shape index (κ3) is 1.32. The van der Waals surface area contributed by atoms with Gasteiger partial charge in [-0.25, -0.2) is 4.39 Å². The maximum atomic E-state index is 13.2. The number of ether oxygens (including phenoxy) is 2. The average Bonchev–Trinajstić information content (AvgIpc) is 2.88. The van der Waals surface area contributed by atoms with E-state index in [9.17, 15) is 9.18 Å². The minimum absolute atomic E-state index is 0.0919. The number of pyridine rings is 1. The van der Waals surface area contributed by atoms with Crippen LogP contribution in [0.1, 0.15) is 12.0 Å². The average molecular weight is 237 g/mol. The van der Waals surface area contributed by atoms with Crippen LogP contribution in [0.4, 0.5) is 4.39 Å². The van der Waals surface area contributed by atoms with Gasteiger partial charge in [0.25, 0.3) is 0 Å². The Morgan fingerprint density at radius 1 is 1.65 bits per heavy atom. The van der Waals surface area contributed by atoms with Crippen molar-refractivity contribution in [3.05, 3.63) is 29.8 Å². The van der Waals surface area contributed by atoms with E-state index in [-0.39, 0.29) is 18.0 Å². The van der Waals surface area contributed by atoms with Crippen LogP contribution in [0, 0.1) is 11.7 Å². The Kier molecular flexibility index (Phi) is 2.19. The maximum Gasteiger partial charge on any atom is 0.312 e. The second-order valence-electron chi connectivity index (χ2n) is 4.60. The van der Waals surface area contributed by atoms with Crippen LogP contribution in [0.25, 0.3) is 0 Å². The molecule has 5 heteroatoms. The van der Waals surface area contributed by atoms with E-state index in [0.717, 1.165) is 18.2 Å². The minimum Gasteiger partial charge on any atom is -0.469 e. The fourth-order valence-corrected chi connectivity index (χ4v) is 2.93. The van der Waals surface area contributed by atoms with E-state index in [1.54, 1.807) is 6.20 Å². The largest absolute Gasteiger partial charge is 0.469 e. The van der Waals surface area contributed by atoms with E-state index in [2.05, 4.69) is 4.98 Å². The molecule has 3 fully saturated rings. The molecule has 4 nitrogen and oxygen atoms in total. The minimum atomic E-state index is -0.438. The van der Waals surface area contributed by atoms with Gasteiger partial charge in [0.1, 0.15) is 5.82 Å². The van der Waals surface area contributed by atoms with E-state index in [4.69, 9.17) is 9.47 Å². The SMILES string of the molecule is COC(=O)C1C2CC1(c1cncc(F)c1)CO2. The molecule has 1 aliphatic carbocycles. The van der Waals surface area contributed by atoms with Crippen LogP contribution >= 0.6 is 0 Å². The highest BCUT2D eigenvalue weighted by Crippen LogP contribution is 2.56. The van der Waals surface area contributed by atoms with Crippen molar-refractivity contribution in [2.75, 3.05) is 13.7 Å². The molecule has 1 aromatic rings. The Morgan fingerprint density at radius 3 is 3.12 bits per heavy atom. The van der Waals surface area contributed by atoms with Crippen molar-refractivity contribution in [2.24, 2.45) is 5.92 Å². The molecule has 3 heterocycles. The molecule has 4 rings (SSSR count). The lowest BCUT2D eigenvalue weighted by atomic mass is 9.58. The molecule has 0 radical (unpaired) electrons. The number of hydrogen-bond donors (Lipinski definition) is 0. The van der Waals surface area contributed by atoms with Crippen molar-refractivity contribution in [1.29, 1.82) is 0 Å². The lowest BCUT2D eigenvalue weighted by Gasteiger charge is -2.42. The summed E-state index contributed by atoms with van der Waals surface area (Å²) in [7, 11) is 1.36. The molecule has 17 heavy (non-hydrogen) atoms. The molecule has 1 aromatic heterocycles. The quantitative estimate of drug-likeness (QED) is 0.721. The fourth-order valence-electron chi connectivity index (χ4n) is 2.93. The molecule has 0 N–H and O–H groups in total. The van der Waals surface area contributed by atoms with Crippen LogP contribution in [0.2, 0.25) is 0 Å². The van der Waals surface area contributed by atoms with Crippen molar-refractivity contribution >= 4 is 5.97 Å². The zero-order valence-corrected chi connectivity index (χ0v) is 9.35. The maximum absolute atomic E-state index is 13.2. The summed E-state index contributed by atoms with van der Waals surface area (Å²) in [5, 5.41) is 0. The van der Waals surface area contributed by atoms with E-state index in [0.29, 0.717) is 6.61 Å². The molecule has 2 aliphatic heterocycles. The summed E-state index contributed by atoms with van der Waals surface area (Å²) in [5.41, 5.74) is 0.286. The van der Waals surface area contributed by atoms with Gasteiger partial charge >= 0.3 is 5.97 Å². The smallest absolute Gasteiger partial charge is 0.312 e. The summed E-state index contributed by atoms with van der Waals surface area (Å²) in [6.07, 6.45) is 3.40. The predicted octanol–water partition coefficient (Wildman–Crippen LogP) is 1.05. The zero-order valence-electron chi connectivity index (χ0n) is 9.35. The van der Waals surface area contributed by atoms with Crippen LogP contribution in [0.15, 0.2) is 18.5 Å². The van der Waals surface area contributed by atoms with Crippen molar-refractivity contribution in [3.63, 3.8) is 0 Å². The highest BCUT2D eigenvalue weighted by molar-refractivity contribution is 5.78. The number of halogens is 1. The van der Waals surface area contributed by atoms with E-state index in [1.807, 2.05) is 0 Å². The number of rotatable bonds is 2. The number of esters is 1. The van der Waals surface area contributed by atoms with Crippen LogP contribution in [0.3, 0.4) is 0 Å². The Morgan fingerprint density at radius 2 is 2.47 bits per heavy atom. The molecule has 0 spiro atoms. The Labute approximate surface area is 97.7 Å². The summed E-state index contributed by atoms with van der Waals surface area (Å²) in [5.74, 6) is -1.00. The number of carbonyl (C=O) groups excluding carboxylic acids is 1. The first kappa shape index (κ1) is 10.7. The molecule has 0 amide bonds. The van der Waals surface area contributed by atoms with Crippen molar-refractivity contribution in [1.82, 2.24) is 4.98 Å². The van der Waals surface area contributed by atoms with Crippen molar-refractivity contribution < 1.29 is 18.7 Å². The normalized spacial score (nSPS) is 34.2. The third-order valence-corrected chi connectivity index (χ3v) is 3.82. The fraction of sp³-hybridized carbons (Fsp3) is 0.500. The highest BCUT2D eigenvalue weighted by Gasteiger charge is 2.65. The van der Waals surface area contributed by atoms with Crippen molar-refractivity contribution in [2.45, 2.75) is 17.9 Å². The van der Waals surface area contributed by atoms with Gasteiger partial charge in [-0.05, 0) is 18.1 Å². The van der Waals surface area contributed by atoms with Crippen LogP contribution in [-0.4, -0.2) is 30.8 Å². The molecule has 90 valence electrons. The van der Waals surface area contributed by atoms with Gasteiger partial charge in [0.15, 0.2) is 0 Å². The number of methoxy groups -OCH3 is 1. The molecule has 2 bridgehead atoms. The van der Waals surface area contributed by atoms with Gasteiger partial charge in [-0.15, -0.1) is 0 Å². The van der Waals surface area contributed by atoms with E-state index in [1.165, 1.54) is 13.2 Å². The second kappa shape index (κ2) is 3.50. The lowest BCUT2D eigenvalue weighted by Crippen LogP contribution is -2.53. The summed E-state index contributed by atoms with van der Waals surface area (Å²) in [6.45, 7) is 0.433. The third-order valence-electron chi connectivity index (χ3n) is 3.82. The van der Waals surface area contributed by atoms with Gasteiger partial charge in [0.05, 0.1) is 31.9 Å². The second-order valence-corrected chi connectivity index (χ2v) is 4.60. The van der Waals surface area contributed by atoms with E-state index >= 15 is 0 Å². The van der Waals surface area contributed by atoms with E-state index < -0.39 is 11.2 Å². The molecular weight excluding hydrogens is 225 g/mol. The Balaban J connectivity index is 1.99. The molecule has 2 saturated heterocycles. The van der Waals surface area contributed by atoms with Crippen LogP contribution < -0.4 is 0 Å². The molecule has 1 saturated carbocycles. The molecule has 3 unspecified atom stereocenters. The Bertz CT molecular complexity index is 475. The summed E-state index contributed by atoms with van der Waals surface area (Å²) in [6, 6.07) is 1.42. The Hall–Kier alpha value is -1.49. The summed E-state index contributed by atoms with van der Waals surface area (Å²) >= 11 is 0. The van der Waals surface area contributed by atoms with Gasteiger partial charge in [0.2, 0.25) is 0 Å². The van der Waals surface area contributed by atoms with Gasteiger partial charge < -0.3 is 9.47 Å². The number of carbonyl (C=O) groups is 1. The summed E-state index contributed by atoms with van der Waals surface area (Å²) in [4.78, 5) is 15.5. The highest BCUT2D eigenvalue weighted by atomic mass is 19.1. The molecule has 3 atom stereocenters. The lowest BCUT2D eigenvalue weighted by molar-refractivity contribution is -0.154. The van der Waals surface area contributed by atoms with Crippen LogP contribution in [-0.2, 0) is 19.7 Å². The topological polar surface area (TPSA) is 48.4 Å². The monoisotopic (exact) mass is 237 g/mol. The standard InChI is InChI=1S/C12H12FNO3/c1-16-11(15)10-9-3-12(10,6-17-9)7-2-8(13)5-14-4-7/h2,4-5,9-10H,3,6H2,1H3. The molecule has 0 aromatic carbocycles. The first-order valence-electron chi connectivity index (χ1n) is 5.48. The first-order valence-corrected chi connectivity index (χ1v) is 5.48. The number of aromatic nitrogens is 1.